The Morgan fingerprint density at radius 3 is 2.10 bits per heavy atom. The van der Waals surface area contributed by atoms with E-state index in [4.69, 9.17) is 46.4 Å². The highest BCUT2D eigenvalue weighted by Gasteiger charge is 2.14. The summed E-state index contributed by atoms with van der Waals surface area (Å²) in [4.78, 5) is 5.18. The van der Waals surface area contributed by atoms with Crippen molar-refractivity contribution in [3.8, 4) is 16.9 Å². The van der Waals surface area contributed by atoms with Crippen LogP contribution in [0.2, 0.25) is 20.1 Å². The molecule has 31 heavy (non-hydrogen) atoms. The number of hydrogen-bond donors (Lipinski definition) is 0. The second-order valence-electron chi connectivity index (χ2n) is 6.17. The number of rotatable bonds is 3. The normalized spacial score (nSPS) is 11.5. The lowest BCUT2D eigenvalue weighted by molar-refractivity contribution is 0.627. The maximum absolute atomic E-state index is 13.7. The highest BCUT2D eigenvalue weighted by atomic mass is 35.5. The van der Waals surface area contributed by atoms with Crippen LogP contribution in [-0.4, -0.2) is 4.57 Å². The molecule has 2 nitrogen and oxygen atoms in total. The predicted molar refractivity (Wildman–Crippen MR) is 128 cm³/mol. The lowest BCUT2D eigenvalue weighted by Gasteiger charge is -2.11. The number of aromatic nitrogens is 1. The molecule has 0 atom stereocenters. The molecule has 0 saturated carbocycles. The average Bonchev–Trinajstić information content (AvgIpc) is 3.12. The van der Waals surface area contributed by atoms with Gasteiger partial charge in [-0.3, -0.25) is 4.57 Å². The van der Waals surface area contributed by atoms with Gasteiger partial charge in [0.15, 0.2) is 4.80 Å². The van der Waals surface area contributed by atoms with Gasteiger partial charge in [0.25, 0.3) is 0 Å². The van der Waals surface area contributed by atoms with Crippen LogP contribution in [0.25, 0.3) is 16.9 Å². The van der Waals surface area contributed by atoms with Gasteiger partial charge in [-0.2, -0.15) is 0 Å². The third-order valence-corrected chi connectivity index (χ3v) is 6.15. The molecule has 4 aromatic rings. The molecule has 0 amide bonds. The number of halogens is 7. The van der Waals surface area contributed by atoms with E-state index in [2.05, 4.69) is 4.99 Å². The third-order valence-electron chi connectivity index (χ3n) is 4.21. The van der Waals surface area contributed by atoms with Crippen LogP contribution >= 0.6 is 70.1 Å². The van der Waals surface area contributed by atoms with Gasteiger partial charge in [0, 0.05) is 16.0 Å². The van der Waals surface area contributed by atoms with E-state index in [0.717, 1.165) is 0 Å². The largest absolute Gasteiger partial charge is 0.285 e. The zero-order chi connectivity index (χ0) is 21.4. The molecule has 1 heterocycles. The Bertz CT molecular complexity index is 1330. The van der Waals surface area contributed by atoms with Crippen molar-refractivity contribution in [2.24, 2.45) is 4.99 Å². The Morgan fingerprint density at radius 1 is 0.774 bits per heavy atom. The van der Waals surface area contributed by atoms with Gasteiger partial charge in [0.1, 0.15) is 11.6 Å². The first-order valence-corrected chi connectivity index (χ1v) is 10.8. The van der Waals surface area contributed by atoms with Crippen LogP contribution in [0, 0.1) is 11.6 Å². The van der Waals surface area contributed by atoms with Crippen molar-refractivity contribution in [2.45, 2.75) is 0 Å². The van der Waals surface area contributed by atoms with Crippen LogP contribution in [0.1, 0.15) is 0 Å². The first kappa shape index (κ1) is 24.1. The molecular weight excluding hydrogens is 528 g/mol. The van der Waals surface area contributed by atoms with Gasteiger partial charge in [0.05, 0.1) is 32.1 Å². The molecule has 0 N–H and O–H groups in total. The van der Waals surface area contributed by atoms with E-state index in [0.29, 0.717) is 37.5 Å². The minimum atomic E-state index is -0.540. The van der Waals surface area contributed by atoms with Crippen molar-refractivity contribution in [3.63, 3.8) is 0 Å². The smallest absolute Gasteiger partial charge is 0.195 e. The van der Waals surface area contributed by atoms with E-state index < -0.39 is 11.6 Å². The fraction of sp³-hybridized carbons (Fsp3) is 0. The molecule has 0 unspecified atom stereocenters. The summed E-state index contributed by atoms with van der Waals surface area (Å²) in [6.07, 6.45) is 0. The molecule has 4 rings (SSSR count). The average molecular weight is 539 g/mol. The number of thiazole rings is 1. The van der Waals surface area contributed by atoms with Crippen molar-refractivity contribution in [2.75, 3.05) is 0 Å². The van der Waals surface area contributed by atoms with Gasteiger partial charge >= 0.3 is 0 Å². The first-order valence-electron chi connectivity index (χ1n) is 8.44. The molecular formula is C21H11Cl5F2N2S. The highest BCUT2D eigenvalue weighted by molar-refractivity contribution is 7.07. The van der Waals surface area contributed by atoms with Gasteiger partial charge in [0.2, 0.25) is 0 Å². The summed E-state index contributed by atoms with van der Waals surface area (Å²) in [6.45, 7) is 0. The van der Waals surface area contributed by atoms with Crippen molar-refractivity contribution in [1.82, 2.24) is 4.57 Å². The molecule has 0 fully saturated rings. The molecule has 0 aliphatic rings. The van der Waals surface area contributed by atoms with E-state index in [1.807, 2.05) is 5.38 Å². The summed E-state index contributed by atoms with van der Waals surface area (Å²) in [5.41, 5.74) is 2.41. The minimum absolute atomic E-state index is 0. The zero-order valence-electron chi connectivity index (χ0n) is 15.3. The van der Waals surface area contributed by atoms with Crippen molar-refractivity contribution >= 4 is 75.8 Å². The van der Waals surface area contributed by atoms with Crippen molar-refractivity contribution in [1.29, 1.82) is 0 Å². The summed E-state index contributed by atoms with van der Waals surface area (Å²) in [7, 11) is 0. The maximum atomic E-state index is 13.7. The van der Waals surface area contributed by atoms with Gasteiger partial charge in [-0.25, -0.2) is 13.8 Å². The zero-order valence-corrected chi connectivity index (χ0v) is 19.9. The Balaban J connectivity index is 0.00000272. The minimum Gasteiger partial charge on any atom is -0.285 e. The van der Waals surface area contributed by atoms with Crippen LogP contribution in [-0.2, 0) is 0 Å². The lowest BCUT2D eigenvalue weighted by atomic mass is 10.1. The second-order valence-corrected chi connectivity index (χ2v) is 8.67. The van der Waals surface area contributed by atoms with Crippen LogP contribution in [0.4, 0.5) is 14.5 Å². The molecule has 0 aliphatic carbocycles. The third kappa shape index (κ3) is 5.08. The fourth-order valence-electron chi connectivity index (χ4n) is 2.79. The Morgan fingerprint density at radius 2 is 1.45 bits per heavy atom. The summed E-state index contributed by atoms with van der Waals surface area (Å²) in [5, 5.41) is 2.66. The molecule has 0 spiro atoms. The molecule has 10 heteroatoms. The van der Waals surface area contributed by atoms with E-state index in [1.54, 1.807) is 34.9 Å². The monoisotopic (exact) mass is 536 g/mol. The van der Waals surface area contributed by atoms with Crippen molar-refractivity contribution in [3.05, 3.63) is 96.5 Å². The topological polar surface area (TPSA) is 17.3 Å². The lowest BCUT2D eigenvalue weighted by Crippen LogP contribution is -2.14. The number of hydrogen-bond acceptors (Lipinski definition) is 2. The van der Waals surface area contributed by atoms with E-state index in [-0.39, 0.29) is 22.5 Å². The van der Waals surface area contributed by atoms with Gasteiger partial charge < -0.3 is 0 Å². The number of benzene rings is 3. The summed E-state index contributed by atoms with van der Waals surface area (Å²) in [5.74, 6) is -1.06. The van der Waals surface area contributed by atoms with Crippen LogP contribution < -0.4 is 4.80 Å². The van der Waals surface area contributed by atoms with Crippen LogP contribution in [0.5, 0.6) is 0 Å². The molecule has 160 valence electrons. The van der Waals surface area contributed by atoms with Gasteiger partial charge in [-0.05, 0) is 54.6 Å². The van der Waals surface area contributed by atoms with Crippen LogP contribution in [0.15, 0.2) is 65.0 Å². The summed E-state index contributed by atoms with van der Waals surface area (Å²) in [6, 6.07) is 13.7. The standard InChI is InChI=1S/C21H10Cl4F2N2S.ClH/c22-12-2-6-19(16(25)8-12)28-21-29(13-3-5-18(27)15(24)9-13)20(10-30-21)11-1-4-17(26)14(23)7-11;/h1-10H;1H. The van der Waals surface area contributed by atoms with E-state index in [9.17, 15) is 8.78 Å². The Hall–Kier alpha value is -1.60. The highest BCUT2D eigenvalue weighted by Crippen LogP contribution is 2.31. The molecule has 0 bridgehead atoms. The molecule has 3 aromatic carbocycles. The molecule has 0 saturated heterocycles. The van der Waals surface area contributed by atoms with Crippen LogP contribution in [0.3, 0.4) is 0 Å². The molecule has 1 aromatic heterocycles. The molecule has 0 aliphatic heterocycles. The summed E-state index contributed by atoms with van der Waals surface area (Å²) >= 11 is 25.6. The van der Waals surface area contributed by atoms with E-state index >= 15 is 0 Å². The maximum Gasteiger partial charge on any atom is 0.195 e. The Kier molecular flexibility index (Phi) is 7.68. The summed E-state index contributed by atoms with van der Waals surface area (Å²) < 4.78 is 29.2. The van der Waals surface area contributed by atoms with Crippen molar-refractivity contribution < 1.29 is 8.78 Å². The van der Waals surface area contributed by atoms with E-state index in [1.165, 1.54) is 35.6 Å². The Labute approximate surface area is 206 Å². The first-order chi connectivity index (χ1) is 14.3. The molecule has 0 radical (unpaired) electrons. The fourth-order valence-corrected chi connectivity index (χ4v) is 4.52. The quantitative estimate of drug-likeness (QED) is 0.248. The van der Waals surface area contributed by atoms with Gasteiger partial charge in [-0.15, -0.1) is 23.7 Å². The van der Waals surface area contributed by atoms with Gasteiger partial charge in [-0.1, -0.05) is 46.4 Å². The predicted octanol–water partition coefficient (Wildman–Crippen LogP) is 8.75. The second kappa shape index (κ2) is 9.90. The number of nitrogens with zero attached hydrogens (tertiary/aromatic N) is 2. The SMILES string of the molecule is Cl.Fc1ccc(-c2csc(=Nc3ccc(Cl)cc3Cl)n2-c2ccc(F)c(Cl)c2)cc1Cl.